The highest BCUT2D eigenvalue weighted by Gasteiger charge is 2.22. The van der Waals surface area contributed by atoms with Crippen LogP contribution in [0.2, 0.25) is 0 Å². The molecule has 0 bridgehead atoms. The number of hydrogen-bond acceptors (Lipinski definition) is 2. The molecule has 0 rings (SSSR count). The van der Waals surface area contributed by atoms with Crippen LogP contribution >= 0.6 is 0 Å². The van der Waals surface area contributed by atoms with E-state index in [9.17, 15) is 9.59 Å². The Kier molecular flexibility index (Phi) is 7.49. The third-order valence-corrected chi connectivity index (χ3v) is 3.50. The standard InChI is InChI=1S/C14H28N2O3/c1-6-7-8-11(12(17)18)16-13(19)15-9-10(2)14(3,4)5/h10-11H,6-9H2,1-5H3,(H,17,18)(H2,15,16,19)/t10?,11-/m0/s1. The molecule has 0 aliphatic carbocycles. The molecule has 0 saturated heterocycles. The molecule has 5 nitrogen and oxygen atoms in total. The smallest absolute Gasteiger partial charge is 0.326 e. The Morgan fingerprint density at radius 2 is 1.84 bits per heavy atom. The van der Waals surface area contributed by atoms with Crippen molar-refractivity contribution in [3.8, 4) is 0 Å². The van der Waals surface area contributed by atoms with Crippen LogP contribution in [0, 0.1) is 11.3 Å². The number of carbonyl (C=O) groups is 2. The third-order valence-electron chi connectivity index (χ3n) is 3.50. The van der Waals surface area contributed by atoms with E-state index in [-0.39, 0.29) is 5.41 Å². The van der Waals surface area contributed by atoms with Gasteiger partial charge in [-0.1, -0.05) is 47.5 Å². The van der Waals surface area contributed by atoms with Gasteiger partial charge >= 0.3 is 12.0 Å². The summed E-state index contributed by atoms with van der Waals surface area (Å²) < 4.78 is 0. The molecule has 0 aromatic rings. The van der Waals surface area contributed by atoms with Crippen molar-refractivity contribution in [1.82, 2.24) is 10.6 Å². The minimum absolute atomic E-state index is 0.113. The van der Waals surface area contributed by atoms with Crippen molar-refractivity contribution in [3.63, 3.8) is 0 Å². The number of urea groups is 1. The Balaban J connectivity index is 4.17. The van der Waals surface area contributed by atoms with Crippen LogP contribution < -0.4 is 10.6 Å². The summed E-state index contributed by atoms with van der Waals surface area (Å²) in [5.74, 6) is -0.662. The molecule has 0 aromatic heterocycles. The largest absolute Gasteiger partial charge is 0.480 e. The number of carboxylic acids is 1. The minimum atomic E-state index is -0.979. The monoisotopic (exact) mass is 272 g/mol. The fourth-order valence-electron chi connectivity index (χ4n) is 1.43. The van der Waals surface area contributed by atoms with Crippen molar-refractivity contribution in [1.29, 1.82) is 0 Å². The van der Waals surface area contributed by atoms with E-state index >= 15 is 0 Å². The lowest BCUT2D eigenvalue weighted by Gasteiger charge is -2.27. The highest BCUT2D eigenvalue weighted by molar-refractivity contribution is 5.82. The molecule has 2 amide bonds. The summed E-state index contributed by atoms with van der Waals surface area (Å²) in [6.45, 7) is 10.9. The van der Waals surface area contributed by atoms with Crippen molar-refractivity contribution < 1.29 is 14.7 Å². The van der Waals surface area contributed by atoms with Crippen LogP contribution in [0.5, 0.6) is 0 Å². The van der Waals surface area contributed by atoms with E-state index in [0.717, 1.165) is 12.8 Å². The first-order valence-corrected chi connectivity index (χ1v) is 6.95. The zero-order valence-corrected chi connectivity index (χ0v) is 12.7. The van der Waals surface area contributed by atoms with Gasteiger partial charge in [0.25, 0.3) is 0 Å². The molecule has 0 spiro atoms. The molecule has 0 aromatic carbocycles. The zero-order valence-electron chi connectivity index (χ0n) is 12.7. The number of rotatable bonds is 7. The van der Waals surface area contributed by atoms with Crippen molar-refractivity contribution in [3.05, 3.63) is 0 Å². The number of carboxylic acid groups (broad SMARTS) is 1. The minimum Gasteiger partial charge on any atom is -0.480 e. The van der Waals surface area contributed by atoms with E-state index in [1.165, 1.54) is 0 Å². The van der Waals surface area contributed by atoms with Crippen LogP contribution in [-0.4, -0.2) is 29.7 Å². The Morgan fingerprint density at radius 3 is 2.26 bits per heavy atom. The van der Waals surface area contributed by atoms with Gasteiger partial charge in [-0.15, -0.1) is 0 Å². The van der Waals surface area contributed by atoms with Gasteiger partial charge in [0, 0.05) is 6.54 Å². The van der Waals surface area contributed by atoms with Gasteiger partial charge in [0.05, 0.1) is 0 Å². The molecule has 1 unspecified atom stereocenters. The molecule has 19 heavy (non-hydrogen) atoms. The van der Waals surface area contributed by atoms with E-state index in [2.05, 4.69) is 38.3 Å². The van der Waals surface area contributed by atoms with E-state index < -0.39 is 18.0 Å². The molecule has 0 heterocycles. The van der Waals surface area contributed by atoms with E-state index in [4.69, 9.17) is 5.11 Å². The van der Waals surface area contributed by atoms with Crippen LogP contribution in [0.3, 0.4) is 0 Å². The fourth-order valence-corrected chi connectivity index (χ4v) is 1.43. The summed E-state index contributed by atoms with van der Waals surface area (Å²) in [7, 11) is 0. The summed E-state index contributed by atoms with van der Waals surface area (Å²) in [4.78, 5) is 22.7. The fraction of sp³-hybridized carbons (Fsp3) is 0.857. The molecule has 5 heteroatoms. The highest BCUT2D eigenvalue weighted by Crippen LogP contribution is 2.24. The molecule has 0 aliphatic rings. The van der Waals surface area contributed by atoms with Gasteiger partial charge in [0.1, 0.15) is 6.04 Å². The zero-order chi connectivity index (χ0) is 15.1. The van der Waals surface area contributed by atoms with Gasteiger partial charge in [-0.3, -0.25) is 0 Å². The van der Waals surface area contributed by atoms with Gasteiger partial charge in [0.15, 0.2) is 0 Å². The van der Waals surface area contributed by atoms with Crippen molar-refractivity contribution in [2.45, 2.75) is 59.9 Å². The second kappa shape index (κ2) is 8.02. The van der Waals surface area contributed by atoms with E-state index in [1.807, 2.05) is 6.92 Å². The predicted molar refractivity (Wildman–Crippen MR) is 76.1 cm³/mol. The summed E-state index contributed by atoms with van der Waals surface area (Å²) in [6, 6.07) is -1.20. The molecular formula is C14H28N2O3. The summed E-state index contributed by atoms with van der Waals surface area (Å²) in [5.41, 5.74) is 0.113. The lowest BCUT2D eigenvalue weighted by atomic mass is 9.82. The average Bonchev–Trinajstić information content (AvgIpc) is 2.29. The summed E-state index contributed by atoms with van der Waals surface area (Å²) in [5, 5.41) is 14.3. The number of carbonyl (C=O) groups excluding carboxylic acids is 1. The average molecular weight is 272 g/mol. The summed E-state index contributed by atoms with van der Waals surface area (Å²) >= 11 is 0. The Labute approximate surface area is 116 Å². The maximum absolute atomic E-state index is 11.7. The molecular weight excluding hydrogens is 244 g/mol. The molecule has 0 aliphatic heterocycles. The van der Waals surface area contributed by atoms with E-state index in [1.54, 1.807) is 0 Å². The third kappa shape index (κ3) is 7.70. The van der Waals surface area contributed by atoms with Crippen LogP contribution in [0.15, 0.2) is 0 Å². The highest BCUT2D eigenvalue weighted by atomic mass is 16.4. The second-order valence-corrected chi connectivity index (χ2v) is 6.15. The molecule has 112 valence electrons. The van der Waals surface area contributed by atoms with Crippen LogP contribution in [0.25, 0.3) is 0 Å². The maximum Gasteiger partial charge on any atom is 0.326 e. The van der Waals surface area contributed by atoms with Gasteiger partial charge in [0.2, 0.25) is 0 Å². The van der Waals surface area contributed by atoms with Gasteiger partial charge in [-0.2, -0.15) is 0 Å². The number of aliphatic carboxylic acids is 1. The number of hydrogen-bond donors (Lipinski definition) is 3. The number of nitrogens with one attached hydrogen (secondary N) is 2. The first kappa shape index (κ1) is 17.7. The second-order valence-electron chi connectivity index (χ2n) is 6.15. The number of amides is 2. The molecule has 3 N–H and O–H groups in total. The van der Waals surface area contributed by atoms with Crippen molar-refractivity contribution in [2.75, 3.05) is 6.54 Å². The molecule has 0 radical (unpaired) electrons. The Morgan fingerprint density at radius 1 is 1.26 bits per heavy atom. The molecule has 0 saturated carbocycles. The first-order chi connectivity index (χ1) is 8.68. The predicted octanol–water partition coefficient (Wildman–Crippen LogP) is 2.61. The quantitative estimate of drug-likeness (QED) is 0.666. The normalized spacial score (nSPS) is 14.6. The Hall–Kier alpha value is -1.26. The van der Waals surface area contributed by atoms with Gasteiger partial charge < -0.3 is 15.7 Å². The van der Waals surface area contributed by atoms with Crippen molar-refractivity contribution in [2.24, 2.45) is 11.3 Å². The van der Waals surface area contributed by atoms with E-state index in [0.29, 0.717) is 18.9 Å². The SMILES string of the molecule is CCCC[C@H](NC(=O)NCC(C)C(C)(C)C)C(=O)O. The van der Waals surface area contributed by atoms with Crippen LogP contribution in [-0.2, 0) is 4.79 Å². The lowest BCUT2D eigenvalue weighted by Crippen LogP contribution is -2.47. The lowest BCUT2D eigenvalue weighted by molar-refractivity contribution is -0.139. The van der Waals surface area contributed by atoms with Crippen molar-refractivity contribution >= 4 is 12.0 Å². The Bertz CT molecular complexity index is 298. The number of unbranched alkanes of at least 4 members (excludes halogenated alkanes) is 1. The summed E-state index contributed by atoms with van der Waals surface area (Å²) in [6.07, 6.45) is 2.16. The maximum atomic E-state index is 11.7. The molecule has 0 fully saturated rings. The first-order valence-electron chi connectivity index (χ1n) is 6.95. The topological polar surface area (TPSA) is 78.4 Å². The van der Waals surface area contributed by atoms with Crippen LogP contribution in [0.1, 0.15) is 53.9 Å². The van der Waals surface area contributed by atoms with Crippen LogP contribution in [0.4, 0.5) is 4.79 Å². The molecule has 2 atom stereocenters. The van der Waals surface area contributed by atoms with Gasteiger partial charge in [-0.25, -0.2) is 9.59 Å². The van der Waals surface area contributed by atoms with Gasteiger partial charge in [-0.05, 0) is 17.8 Å².